The molecule has 0 saturated heterocycles. The molecule has 0 fully saturated rings. The fourth-order valence-electron chi connectivity index (χ4n) is 1.76. The molecule has 0 atom stereocenters. The van der Waals surface area contributed by atoms with Crippen LogP contribution in [0.4, 0.5) is 5.69 Å². The number of anilines is 1. The molecule has 0 saturated carbocycles. The second-order valence-electron chi connectivity index (χ2n) is 4.07. The Kier molecular flexibility index (Phi) is 3.67. The first-order valence-corrected chi connectivity index (χ1v) is 6.34. The number of nitrogens with zero attached hydrogens (tertiary/aromatic N) is 2. The van der Waals surface area contributed by atoms with Gasteiger partial charge in [0.2, 0.25) is 0 Å². The molecule has 96 valence electrons. The third-order valence-corrected chi connectivity index (χ3v) is 3.36. The molecule has 0 aliphatic rings. The first-order chi connectivity index (χ1) is 9.02. The van der Waals surface area contributed by atoms with E-state index in [-0.39, 0.29) is 5.91 Å². The predicted octanol–water partition coefficient (Wildman–Crippen LogP) is 2.91. The lowest BCUT2D eigenvalue weighted by Crippen LogP contribution is -2.14. The molecule has 2 N–H and O–H groups in total. The van der Waals surface area contributed by atoms with Gasteiger partial charge in [0.25, 0.3) is 5.91 Å². The van der Waals surface area contributed by atoms with Crippen molar-refractivity contribution in [2.45, 2.75) is 13.8 Å². The van der Waals surface area contributed by atoms with Crippen molar-refractivity contribution >= 4 is 27.5 Å². The largest absolute Gasteiger partial charge is 0.321 e. The van der Waals surface area contributed by atoms with Gasteiger partial charge in [0.15, 0.2) is 0 Å². The Labute approximate surface area is 118 Å². The Hall–Kier alpha value is -2.13. The van der Waals surface area contributed by atoms with Crippen molar-refractivity contribution in [1.29, 1.82) is 5.26 Å². The SMILES string of the molecule is Cc1n[nH]c(C)c1C(=O)Nc1ccc(C#N)cc1Br. The van der Waals surface area contributed by atoms with Crippen molar-refractivity contribution in [3.05, 3.63) is 45.2 Å². The van der Waals surface area contributed by atoms with Crippen molar-refractivity contribution in [2.75, 3.05) is 5.32 Å². The zero-order valence-electron chi connectivity index (χ0n) is 10.4. The van der Waals surface area contributed by atoms with Crippen LogP contribution in [-0.4, -0.2) is 16.1 Å². The smallest absolute Gasteiger partial charge is 0.259 e. The lowest BCUT2D eigenvalue weighted by molar-refractivity contribution is 0.102. The van der Waals surface area contributed by atoms with Gasteiger partial charge in [-0.05, 0) is 48.0 Å². The number of aromatic amines is 1. The first kappa shape index (κ1) is 13.3. The van der Waals surface area contributed by atoms with Crippen LogP contribution in [0.3, 0.4) is 0 Å². The lowest BCUT2D eigenvalue weighted by atomic mass is 10.1. The van der Waals surface area contributed by atoms with Crippen LogP contribution in [0.5, 0.6) is 0 Å². The maximum absolute atomic E-state index is 12.2. The molecule has 0 radical (unpaired) electrons. The molecule has 2 rings (SSSR count). The van der Waals surface area contributed by atoms with E-state index in [1.165, 1.54) is 0 Å². The number of nitrogens with one attached hydrogen (secondary N) is 2. The number of amides is 1. The topological polar surface area (TPSA) is 81.6 Å². The van der Waals surface area contributed by atoms with Gasteiger partial charge in [0.1, 0.15) is 0 Å². The molecule has 2 aromatic rings. The molecule has 5 nitrogen and oxygen atoms in total. The maximum Gasteiger partial charge on any atom is 0.259 e. The zero-order chi connectivity index (χ0) is 14.0. The molecule has 1 aromatic heterocycles. The number of H-pyrrole nitrogens is 1. The number of rotatable bonds is 2. The average molecular weight is 319 g/mol. The highest BCUT2D eigenvalue weighted by Gasteiger charge is 2.16. The lowest BCUT2D eigenvalue weighted by Gasteiger charge is -2.07. The quantitative estimate of drug-likeness (QED) is 0.893. The van der Waals surface area contributed by atoms with Crippen LogP contribution in [0, 0.1) is 25.2 Å². The van der Waals surface area contributed by atoms with Crippen molar-refractivity contribution in [1.82, 2.24) is 10.2 Å². The van der Waals surface area contributed by atoms with Crippen LogP contribution in [0.2, 0.25) is 0 Å². The van der Waals surface area contributed by atoms with Gasteiger partial charge >= 0.3 is 0 Å². The van der Waals surface area contributed by atoms with Crippen molar-refractivity contribution in [3.8, 4) is 6.07 Å². The van der Waals surface area contributed by atoms with Gasteiger partial charge in [-0.3, -0.25) is 9.89 Å². The first-order valence-electron chi connectivity index (χ1n) is 5.55. The van der Waals surface area contributed by atoms with Crippen LogP contribution in [0.1, 0.15) is 27.3 Å². The Morgan fingerprint density at radius 1 is 1.47 bits per heavy atom. The monoisotopic (exact) mass is 318 g/mol. The van der Waals surface area contributed by atoms with Gasteiger partial charge in [-0.2, -0.15) is 10.4 Å². The van der Waals surface area contributed by atoms with Gasteiger partial charge in [-0.1, -0.05) is 0 Å². The van der Waals surface area contributed by atoms with Gasteiger partial charge in [-0.25, -0.2) is 0 Å². The molecule has 6 heteroatoms. The third-order valence-electron chi connectivity index (χ3n) is 2.70. The minimum Gasteiger partial charge on any atom is -0.321 e. The van der Waals surface area contributed by atoms with E-state index in [2.05, 4.69) is 31.4 Å². The molecule has 1 amide bonds. The number of aryl methyl sites for hydroxylation is 2. The third kappa shape index (κ3) is 2.66. The van der Waals surface area contributed by atoms with E-state index in [0.717, 1.165) is 5.69 Å². The Morgan fingerprint density at radius 3 is 2.74 bits per heavy atom. The number of hydrogen-bond acceptors (Lipinski definition) is 3. The fourth-order valence-corrected chi connectivity index (χ4v) is 2.23. The molecular formula is C13H11BrN4O. The highest BCUT2D eigenvalue weighted by Crippen LogP contribution is 2.24. The van der Waals surface area contributed by atoms with E-state index in [1.54, 1.807) is 32.0 Å². The Balaban J connectivity index is 2.28. The minimum atomic E-state index is -0.228. The molecule has 0 bridgehead atoms. The predicted molar refractivity (Wildman–Crippen MR) is 74.9 cm³/mol. The minimum absolute atomic E-state index is 0.228. The van der Waals surface area contributed by atoms with Crippen LogP contribution < -0.4 is 5.32 Å². The van der Waals surface area contributed by atoms with Gasteiger partial charge in [0, 0.05) is 10.2 Å². The second-order valence-corrected chi connectivity index (χ2v) is 4.92. The maximum atomic E-state index is 12.2. The average Bonchev–Trinajstić information content (AvgIpc) is 2.71. The van der Waals surface area contributed by atoms with Gasteiger partial charge in [0.05, 0.1) is 28.6 Å². The summed E-state index contributed by atoms with van der Waals surface area (Å²) in [6.45, 7) is 3.56. The van der Waals surface area contributed by atoms with Crippen molar-refractivity contribution in [3.63, 3.8) is 0 Å². The van der Waals surface area contributed by atoms with Crippen LogP contribution in [0.15, 0.2) is 22.7 Å². The standard InChI is InChI=1S/C13H11BrN4O/c1-7-12(8(2)18-17-7)13(19)16-11-4-3-9(6-15)5-10(11)14/h3-5H,1-2H3,(H,16,19)(H,17,18). The molecule has 0 unspecified atom stereocenters. The number of halogens is 1. The van der Waals surface area contributed by atoms with E-state index in [9.17, 15) is 4.79 Å². The van der Waals surface area contributed by atoms with E-state index in [1.807, 2.05) is 6.07 Å². The van der Waals surface area contributed by atoms with E-state index < -0.39 is 0 Å². The summed E-state index contributed by atoms with van der Waals surface area (Å²) in [5, 5.41) is 18.3. The highest BCUT2D eigenvalue weighted by molar-refractivity contribution is 9.10. The number of benzene rings is 1. The van der Waals surface area contributed by atoms with Crippen LogP contribution >= 0.6 is 15.9 Å². The summed E-state index contributed by atoms with van der Waals surface area (Å²) in [7, 11) is 0. The number of hydrogen-bond donors (Lipinski definition) is 2. The summed E-state index contributed by atoms with van der Waals surface area (Å²) < 4.78 is 0.665. The summed E-state index contributed by atoms with van der Waals surface area (Å²) in [6.07, 6.45) is 0. The number of carbonyl (C=O) groups excluding carboxylic acids is 1. The number of nitriles is 1. The Morgan fingerprint density at radius 2 is 2.21 bits per heavy atom. The second kappa shape index (κ2) is 5.24. The van der Waals surface area contributed by atoms with E-state index in [0.29, 0.717) is 27.0 Å². The van der Waals surface area contributed by atoms with E-state index >= 15 is 0 Å². The molecule has 0 aliphatic carbocycles. The molecule has 19 heavy (non-hydrogen) atoms. The van der Waals surface area contributed by atoms with Crippen molar-refractivity contribution < 1.29 is 4.79 Å². The van der Waals surface area contributed by atoms with Gasteiger partial charge in [-0.15, -0.1) is 0 Å². The zero-order valence-corrected chi connectivity index (χ0v) is 12.0. The molecule has 0 aliphatic heterocycles. The summed E-state index contributed by atoms with van der Waals surface area (Å²) in [5.41, 5.74) is 3.06. The number of aromatic nitrogens is 2. The molecule has 1 aromatic carbocycles. The molecular weight excluding hydrogens is 308 g/mol. The fraction of sp³-hybridized carbons (Fsp3) is 0.154. The summed E-state index contributed by atoms with van der Waals surface area (Å²) >= 11 is 3.33. The molecule has 0 spiro atoms. The summed E-state index contributed by atoms with van der Waals surface area (Å²) in [6, 6.07) is 7.03. The van der Waals surface area contributed by atoms with Crippen LogP contribution in [-0.2, 0) is 0 Å². The number of carbonyl (C=O) groups is 1. The molecule has 1 heterocycles. The summed E-state index contributed by atoms with van der Waals surface area (Å²) in [5.74, 6) is -0.228. The van der Waals surface area contributed by atoms with Crippen molar-refractivity contribution in [2.24, 2.45) is 0 Å². The highest BCUT2D eigenvalue weighted by atomic mass is 79.9. The summed E-state index contributed by atoms with van der Waals surface area (Å²) in [4.78, 5) is 12.2. The Bertz CT molecular complexity index is 665. The van der Waals surface area contributed by atoms with E-state index in [4.69, 9.17) is 5.26 Å². The van der Waals surface area contributed by atoms with Crippen LogP contribution in [0.25, 0.3) is 0 Å². The van der Waals surface area contributed by atoms with Gasteiger partial charge < -0.3 is 5.32 Å². The normalized spacial score (nSPS) is 10.0.